The Labute approximate surface area is 205 Å². The predicted octanol–water partition coefficient (Wildman–Crippen LogP) is 4.57. The van der Waals surface area contributed by atoms with Gasteiger partial charge in [0.25, 0.3) is 5.91 Å². The van der Waals surface area contributed by atoms with E-state index in [4.69, 9.17) is 32.7 Å². The molecule has 0 aliphatic carbocycles. The van der Waals surface area contributed by atoms with E-state index in [9.17, 15) is 9.18 Å². The van der Waals surface area contributed by atoms with Gasteiger partial charge >= 0.3 is 0 Å². The summed E-state index contributed by atoms with van der Waals surface area (Å²) in [5.41, 5.74) is 1.47. The lowest BCUT2D eigenvalue weighted by Crippen LogP contribution is -2.46. The molecule has 34 heavy (non-hydrogen) atoms. The first-order valence-corrected chi connectivity index (χ1v) is 11.1. The monoisotopic (exact) mass is 505 g/mol. The summed E-state index contributed by atoms with van der Waals surface area (Å²) in [6.45, 7) is 5.83. The quantitative estimate of drug-likeness (QED) is 0.454. The summed E-state index contributed by atoms with van der Waals surface area (Å²) >= 11 is 11.7. The third kappa shape index (κ3) is 5.56. The topological polar surface area (TPSA) is 88.6 Å². The molecule has 1 aliphatic rings. The minimum atomic E-state index is -0.569. The van der Waals surface area contributed by atoms with Crippen LogP contribution in [0.2, 0.25) is 5.02 Å². The van der Waals surface area contributed by atoms with Gasteiger partial charge in [0.05, 0.1) is 40.5 Å². The number of benzene rings is 2. The highest BCUT2D eigenvalue weighted by Gasteiger charge is 2.22. The Morgan fingerprint density at radius 1 is 1.35 bits per heavy atom. The lowest BCUT2D eigenvalue weighted by atomic mass is 10.1. The second-order valence-electron chi connectivity index (χ2n) is 7.72. The van der Waals surface area contributed by atoms with Crippen LogP contribution in [0.4, 0.5) is 21.6 Å². The van der Waals surface area contributed by atoms with Crippen molar-refractivity contribution in [1.82, 2.24) is 14.9 Å². The number of hydrogen-bond donors (Lipinski definition) is 2. The molecule has 0 bridgehead atoms. The number of carbonyl (C=O) groups excluding carboxylic acids is 1. The Bertz CT molecular complexity index is 1240. The van der Waals surface area contributed by atoms with E-state index < -0.39 is 11.7 Å². The van der Waals surface area contributed by atoms with E-state index in [1.807, 2.05) is 7.05 Å². The molecule has 2 N–H and O–H groups in total. The minimum absolute atomic E-state index is 0.0238. The molecule has 4 rings (SSSR count). The van der Waals surface area contributed by atoms with Gasteiger partial charge in [-0.3, -0.25) is 9.69 Å². The van der Waals surface area contributed by atoms with Crippen LogP contribution in [-0.4, -0.2) is 60.2 Å². The molecular formula is C23H22Cl2FN5O3. The lowest BCUT2D eigenvalue weighted by molar-refractivity contribution is -0.112. The van der Waals surface area contributed by atoms with Crippen LogP contribution in [0.3, 0.4) is 0 Å². The molecule has 0 saturated carbocycles. The second kappa shape index (κ2) is 10.5. The van der Waals surface area contributed by atoms with Crippen LogP contribution < -0.4 is 15.4 Å². The van der Waals surface area contributed by atoms with Crippen LogP contribution in [-0.2, 0) is 9.53 Å². The Kier molecular flexibility index (Phi) is 7.47. The van der Waals surface area contributed by atoms with E-state index >= 15 is 0 Å². The maximum atomic E-state index is 13.5. The first-order valence-electron chi connectivity index (χ1n) is 10.4. The molecule has 0 spiro atoms. The van der Waals surface area contributed by atoms with Crippen molar-refractivity contribution in [3.63, 3.8) is 0 Å². The summed E-state index contributed by atoms with van der Waals surface area (Å²) < 4.78 is 25.2. The number of halogens is 3. The Balaban J connectivity index is 1.68. The molecule has 1 fully saturated rings. The number of amides is 1. The summed E-state index contributed by atoms with van der Waals surface area (Å²) in [7, 11) is 2.00. The van der Waals surface area contributed by atoms with Gasteiger partial charge in [0.15, 0.2) is 0 Å². The normalized spacial score (nSPS) is 16.3. The van der Waals surface area contributed by atoms with Crippen molar-refractivity contribution < 1.29 is 18.7 Å². The fraction of sp³-hybridized carbons (Fsp3) is 0.261. The van der Waals surface area contributed by atoms with Crippen LogP contribution in [0, 0.1) is 5.82 Å². The van der Waals surface area contributed by atoms with Crippen molar-refractivity contribution >= 4 is 57.2 Å². The molecule has 2 heterocycles. The van der Waals surface area contributed by atoms with Gasteiger partial charge in [-0.2, -0.15) is 0 Å². The van der Waals surface area contributed by atoms with Gasteiger partial charge in [-0.25, -0.2) is 14.4 Å². The fourth-order valence-corrected chi connectivity index (χ4v) is 3.63. The lowest BCUT2D eigenvalue weighted by Gasteiger charge is -2.32. The number of morpholine rings is 1. The highest BCUT2D eigenvalue weighted by molar-refractivity contribution is 6.43. The molecule has 1 aromatic heterocycles. The zero-order chi connectivity index (χ0) is 24.2. The summed E-state index contributed by atoms with van der Waals surface area (Å²) in [4.78, 5) is 23.1. The third-order valence-electron chi connectivity index (χ3n) is 5.37. The van der Waals surface area contributed by atoms with Gasteiger partial charge in [0, 0.05) is 23.7 Å². The Morgan fingerprint density at radius 3 is 2.91 bits per heavy atom. The number of anilines is 3. The molecule has 8 nitrogen and oxygen atoms in total. The summed E-state index contributed by atoms with van der Waals surface area (Å²) in [6.07, 6.45) is 1.39. The van der Waals surface area contributed by atoms with Crippen molar-refractivity contribution in [1.29, 1.82) is 0 Å². The van der Waals surface area contributed by atoms with Crippen molar-refractivity contribution in [3.8, 4) is 5.75 Å². The van der Waals surface area contributed by atoms with Gasteiger partial charge in [-0.05, 0) is 31.3 Å². The molecule has 1 saturated heterocycles. The van der Waals surface area contributed by atoms with Crippen molar-refractivity contribution in [2.75, 3.05) is 44.0 Å². The van der Waals surface area contributed by atoms with E-state index in [1.165, 1.54) is 24.5 Å². The van der Waals surface area contributed by atoms with Crippen LogP contribution in [0.5, 0.6) is 5.75 Å². The van der Waals surface area contributed by atoms with Gasteiger partial charge < -0.3 is 20.1 Å². The first kappa shape index (κ1) is 24.2. The smallest absolute Gasteiger partial charge is 0.266 e. The number of hydrogen-bond acceptors (Lipinski definition) is 7. The molecule has 1 aliphatic heterocycles. The molecule has 178 valence electrons. The highest BCUT2D eigenvalue weighted by atomic mass is 35.5. The van der Waals surface area contributed by atoms with Gasteiger partial charge in [-0.1, -0.05) is 29.8 Å². The third-order valence-corrected chi connectivity index (χ3v) is 5.83. The average molecular weight is 506 g/mol. The number of aromatic nitrogens is 2. The van der Waals surface area contributed by atoms with E-state index in [0.29, 0.717) is 53.7 Å². The zero-order valence-electron chi connectivity index (χ0n) is 18.3. The van der Waals surface area contributed by atoms with Crippen LogP contribution in [0.1, 0.15) is 0 Å². The maximum Gasteiger partial charge on any atom is 0.266 e. The molecule has 3 aromatic rings. The van der Waals surface area contributed by atoms with E-state index in [2.05, 4.69) is 32.1 Å². The number of ether oxygens (including phenoxy) is 2. The molecule has 2 aromatic carbocycles. The Hall–Kier alpha value is -2.98. The summed E-state index contributed by atoms with van der Waals surface area (Å²) in [5.74, 6) is -0.255. The predicted molar refractivity (Wildman–Crippen MR) is 131 cm³/mol. The van der Waals surface area contributed by atoms with Crippen molar-refractivity contribution in [3.05, 3.63) is 59.1 Å². The SMILES string of the molecule is C=C(Cl)C(=O)Nc1cc2c(Nc3ccc(F)c(Cl)c3)ncnc2cc1OCC1COCCN1C. The number of carbonyl (C=O) groups is 1. The van der Waals surface area contributed by atoms with Gasteiger partial charge in [0.2, 0.25) is 0 Å². The van der Waals surface area contributed by atoms with E-state index in [1.54, 1.807) is 12.1 Å². The number of nitrogens with one attached hydrogen (secondary N) is 2. The molecule has 1 amide bonds. The second-order valence-corrected chi connectivity index (χ2v) is 8.58. The van der Waals surface area contributed by atoms with Gasteiger partial charge in [0.1, 0.15) is 30.3 Å². The van der Waals surface area contributed by atoms with E-state index in [0.717, 1.165) is 6.54 Å². The maximum absolute atomic E-state index is 13.5. The van der Waals surface area contributed by atoms with Crippen LogP contribution in [0.15, 0.2) is 48.3 Å². The zero-order valence-corrected chi connectivity index (χ0v) is 19.8. The van der Waals surface area contributed by atoms with E-state index in [-0.39, 0.29) is 16.1 Å². The molecule has 0 radical (unpaired) electrons. The standard InChI is InChI=1S/C23H22Cl2FN5O3/c1-13(24)23(32)30-20-8-16-19(9-21(20)34-11-15-10-33-6-5-31(15)2)27-12-28-22(16)29-14-3-4-18(26)17(25)7-14/h3-4,7-9,12,15H,1,5-6,10-11H2,2H3,(H,30,32)(H,27,28,29). The number of likely N-dealkylation sites (N-methyl/N-ethyl adjacent to an activating group) is 1. The first-order chi connectivity index (χ1) is 16.3. The van der Waals surface area contributed by atoms with Crippen molar-refractivity contribution in [2.24, 2.45) is 0 Å². The fourth-order valence-electron chi connectivity index (χ4n) is 3.40. The molecule has 11 heteroatoms. The van der Waals surface area contributed by atoms with Crippen LogP contribution >= 0.6 is 23.2 Å². The number of nitrogens with zero attached hydrogens (tertiary/aromatic N) is 3. The largest absolute Gasteiger partial charge is 0.490 e. The number of fused-ring (bicyclic) bond motifs is 1. The summed E-state index contributed by atoms with van der Waals surface area (Å²) in [6, 6.07) is 7.68. The average Bonchev–Trinajstić information content (AvgIpc) is 2.81. The molecular weight excluding hydrogens is 484 g/mol. The van der Waals surface area contributed by atoms with Crippen LogP contribution in [0.25, 0.3) is 10.9 Å². The Morgan fingerprint density at radius 2 is 2.18 bits per heavy atom. The summed E-state index contributed by atoms with van der Waals surface area (Å²) in [5, 5.41) is 6.21. The van der Waals surface area contributed by atoms with Crippen molar-refractivity contribution in [2.45, 2.75) is 6.04 Å². The molecule has 1 atom stereocenters. The van der Waals surface area contributed by atoms with Gasteiger partial charge in [-0.15, -0.1) is 0 Å². The molecule has 1 unspecified atom stereocenters. The number of rotatable bonds is 7. The highest BCUT2D eigenvalue weighted by Crippen LogP contribution is 2.34. The minimum Gasteiger partial charge on any atom is -0.490 e.